The molecule has 0 saturated heterocycles. The van der Waals surface area contributed by atoms with E-state index in [0.717, 1.165) is 11.8 Å². The van der Waals surface area contributed by atoms with Gasteiger partial charge in [-0.05, 0) is 59.8 Å². The van der Waals surface area contributed by atoms with Crippen LogP contribution in [0.3, 0.4) is 0 Å². The SMILES string of the molecule is CCCCCCCCC(CCCCC)c1ccc(-c2ccc(C(CCCCC)CCCCCCCC)cc2)cc1. The summed E-state index contributed by atoms with van der Waals surface area (Å²) in [6, 6.07) is 19.4. The van der Waals surface area contributed by atoms with Crippen LogP contribution in [-0.4, -0.2) is 0 Å². The van der Waals surface area contributed by atoms with Gasteiger partial charge in [-0.2, -0.15) is 0 Å². The van der Waals surface area contributed by atoms with E-state index in [9.17, 15) is 0 Å². The lowest BCUT2D eigenvalue weighted by molar-refractivity contribution is 0.495. The molecule has 40 heavy (non-hydrogen) atoms. The Hall–Kier alpha value is -1.56. The van der Waals surface area contributed by atoms with Gasteiger partial charge in [0.1, 0.15) is 0 Å². The minimum Gasteiger partial charge on any atom is -0.0654 e. The second-order valence-electron chi connectivity index (χ2n) is 12.7. The zero-order valence-electron chi connectivity index (χ0n) is 27.3. The maximum atomic E-state index is 2.45. The van der Waals surface area contributed by atoms with E-state index in [2.05, 4.69) is 76.2 Å². The highest BCUT2D eigenvalue weighted by Crippen LogP contribution is 2.33. The van der Waals surface area contributed by atoms with E-state index in [0.29, 0.717) is 0 Å². The topological polar surface area (TPSA) is 0 Å². The molecule has 0 heterocycles. The van der Waals surface area contributed by atoms with Crippen LogP contribution >= 0.6 is 0 Å². The zero-order valence-corrected chi connectivity index (χ0v) is 27.3. The number of hydrogen-bond acceptors (Lipinski definition) is 0. The van der Waals surface area contributed by atoms with Crippen molar-refractivity contribution in [3.63, 3.8) is 0 Å². The molecular weight excluding hydrogens is 480 g/mol. The van der Waals surface area contributed by atoms with Gasteiger partial charge in [0.15, 0.2) is 0 Å². The van der Waals surface area contributed by atoms with E-state index < -0.39 is 0 Å². The van der Waals surface area contributed by atoms with Gasteiger partial charge in [-0.25, -0.2) is 0 Å². The van der Waals surface area contributed by atoms with E-state index >= 15 is 0 Å². The maximum absolute atomic E-state index is 2.45. The van der Waals surface area contributed by atoms with Crippen molar-refractivity contribution >= 4 is 0 Å². The highest BCUT2D eigenvalue weighted by atomic mass is 14.2. The van der Waals surface area contributed by atoms with Gasteiger partial charge >= 0.3 is 0 Å². The van der Waals surface area contributed by atoms with E-state index in [1.165, 1.54) is 152 Å². The Balaban J connectivity index is 1.99. The third-order valence-corrected chi connectivity index (χ3v) is 9.22. The molecule has 2 atom stereocenters. The standard InChI is InChI=1S/C40H66/c1-5-9-13-15-17-21-25-35(23-19-11-7-3)37-27-31-39(32-28-37)40-33-29-38(30-34-40)36(24-20-12-8-4)26-22-18-16-14-10-6-2/h27-36H,5-26H2,1-4H3. The Bertz CT molecular complexity index is 743. The second kappa shape index (κ2) is 23.1. The Morgan fingerprint density at radius 2 is 0.575 bits per heavy atom. The van der Waals surface area contributed by atoms with Crippen molar-refractivity contribution in [1.29, 1.82) is 0 Å². The molecule has 0 aliphatic carbocycles. The van der Waals surface area contributed by atoms with E-state index in [4.69, 9.17) is 0 Å². The molecule has 0 heteroatoms. The average Bonchev–Trinajstić information content (AvgIpc) is 2.99. The monoisotopic (exact) mass is 547 g/mol. The third-order valence-electron chi connectivity index (χ3n) is 9.22. The predicted molar refractivity (Wildman–Crippen MR) is 182 cm³/mol. The smallest absolute Gasteiger partial charge is 0.0162 e. The van der Waals surface area contributed by atoms with Crippen LogP contribution in [0.15, 0.2) is 48.5 Å². The Kier molecular flexibility index (Phi) is 20.0. The van der Waals surface area contributed by atoms with Crippen molar-refractivity contribution in [2.75, 3.05) is 0 Å². The fraction of sp³-hybridized carbons (Fsp3) is 0.700. The van der Waals surface area contributed by atoms with Gasteiger partial charge in [0.05, 0.1) is 0 Å². The van der Waals surface area contributed by atoms with Crippen LogP contribution < -0.4 is 0 Å². The van der Waals surface area contributed by atoms with E-state index in [-0.39, 0.29) is 0 Å². The fourth-order valence-electron chi connectivity index (χ4n) is 6.47. The summed E-state index contributed by atoms with van der Waals surface area (Å²) in [7, 11) is 0. The molecule has 226 valence electrons. The van der Waals surface area contributed by atoms with Crippen molar-refractivity contribution in [3.8, 4) is 11.1 Å². The molecule has 0 N–H and O–H groups in total. The zero-order chi connectivity index (χ0) is 28.7. The number of hydrogen-bond donors (Lipinski definition) is 0. The van der Waals surface area contributed by atoms with Crippen LogP contribution in [-0.2, 0) is 0 Å². The van der Waals surface area contributed by atoms with Crippen LogP contribution in [0.4, 0.5) is 0 Å². The molecule has 0 amide bonds. The predicted octanol–water partition coefficient (Wildman–Crippen LogP) is 14.2. The summed E-state index contributed by atoms with van der Waals surface area (Å²) in [6.45, 7) is 9.27. The number of rotatable bonds is 25. The van der Waals surface area contributed by atoms with Crippen molar-refractivity contribution in [2.45, 2.75) is 181 Å². The van der Waals surface area contributed by atoms with Gasteiger partial charge in [0.25, 0.3) is 0 Å². The van der Waals surface area contributed by atoms with Crippen LogP contribution in [0, 0.1) is 0 Å². The van der Waals surface area contributed by atoms with Gasteiger partial charge in [-0.15, -0.1) is 0 Å². The first kappa shape index (κ1) is 34.6. The summed E-state index contributed by atoms with van der Waals surface area (Å²) < 4.78 is 0. The quantitative estimate of drug-likeness (QED) is 0.109. The van der Waals surface area contributed by atoms with Gasteiger partial charge in [-0.1, -0.05) is 192 Å². The molecule has 0 aromatic heterocycles. The van der Waals surface area contributed by atoms with Gasteiger partial charge in [0, 0.05) is 0 Å². The van der Waals surface area contributed by atoms with Crippen molar-refractivity contribution < 1.29 is 0 Å². The van der Waals surface area contributed by atoms with Gasteiger partial charge in [-0.3, -0.25) is 0 Å². The van der Waals surface area contributed by atoms with Crippen LogP contribution in [0.1, 0.15) is 192 Å². The molecule has 2 aromatic rings. The molecule has 0 aliphatic heterocycles. The second-order valence-corrected chi connectivity index (χ2v) is 12.7. The summed E-state index contributed by atoms with van der Waals surface area (Å²) in [5, 5.41) is 0. The molecule has 2 aromatic carbocycles. The van der Waals surface area contributed by atoms with Crippen LogP contribution in [0.5, 0.6) is 0 Å². The van der Waals surface area contributed by atoms with Crippen LogP contribution in [0.2, 0.25) is 0 Å². The summed E-state index contributed by atoms with van der Waals surface area (Å²) in [5.41, 5.74) is 5.89. The Labute approximate surface area is 251 Å². The molecule has 0 radical (unpaired) electrons. The van der Waals surface area contributed by atoms with Crippen molar-refractivity contribution in [1.82, 2.24) is 0 Å². The highest BCUT2D eigenvalue weighted by Gasteiger charge is 2.14. The molecule has 0 bridgehead atoms. The fourth-order valence-corrected chi connectivity index (χ4v) is 6.47. The summed E-state index contributed by atoms with van der Waals surface area (Å²) in [6.07, 6.45) is 30.3. The first-order valence-corrected chi connectivity index (χ1v) is 17.9. The Morgan fingerprint density at radius 1 is 0.325 bits per heavy atom. The number of benzene rings is 2. The molecule has 2 rings (SSSR count). The lowest BCUT2D eigenvalue weighted by Gasteiger charge is -2.19. The average molecular weight is 547 g/mol. The minimum atomic E-state index is 0.736. The van der Waals surface area contributed by atoms with E-state index in [1.54, 1.807) is 11.1 Å². The van der Waals surface area contributed by atoms with Crippen LogP contribution in [0.25, 0.3) is 11.1 Å². The van der Waals surface area contributed by atoms with Gasteiger partial charge < -0.3 is 0 Å². The molecule has 0 spiro atoms. The summed E-state index contributed by atoms with van der Waals surface area (Å²) in [5.74, 6) is 1.47. The Morgan fingerprint density at radius 3 is 0.900 bits per heavy atom. The molecule has 2 unspecified atom stereocenters. The van der Waals surface area contributed by atoms with Gasteiger partial charge in [0.2, 0.25) is 0 Å². The van der Waals surface area contributed by atoms with Crippen molar-refractivity contribution in [3.05, 3.63) is 59.7 Å². The maximum Gasteiger partial charge on any atom is -0.0162 e. The lowest BCUT2D eigenvalue weighted by Crippen LogP contribution is -2.00. The lowest BCUT2D eigenvalue weighted by atomic mass is 9.86. The first-order chi connectivity index (χ1) is 19.7. The minimum absolute atomic E-state index is 0.736. The van der Waals surface area contributed by atoms with E-state index in [1.807, 2.05) is 0 Å². The largest absolute Gasteiger partial charge is 0.0654 e. The summed E-state index contributed by atoms with van der Waals surface area (Å²) in [4.78, 5) is 0. The number of unbranched alkanes of at least 4 members (excludes halogenated alkanes) is 14. The first-order valence-electron chi connectivity index (χ1n) is 17.9. The molecule has 0 nitrogen and oxygen atoms in total. The normalized spacial score (nSPS) is 13.0. The summed E-state index contributed by atoms with van der Waals surface area (Å²) >= 11 is 0. The highest BCUT2D eigenvalue weighted by molar-refractivity contribution is 5.64. The third kappa shape index (κ3) is 14.4. The molecular formula is C40H66. The molecule has 0 fully saturated rings. The molecule has 0 saturated carbocycles. The van der Waals surface area contributed by atoms with Crippen molar-refractivity contribution in [2.24, 2.45) is 0 Å². The molecule has 0 aliphatic rings.